The zero-order valence-corrected chi connectivity index (χ0v) is 17.8. The van der Waals surface area contributed by atoms with Crippen molar-refractivity contribution in [1.29, 1.82) is 0 Å². The largest absolute Gasteiger partial charge is 0.497 e. The zero-order chi connectivity index (χ0) is 22.2. The maximum atomic E-state index is 13.6. The minimum atomic E-state index is -0.668. The number of rotatable bonds is 9. The Hall–Kier alpha value is -3.54. The lowest BCUT2D eigenvalue weighted by Crippen LogP contribution is -2.28. The number of esters is 1. The molecule has 5 nitrogen and oxygen atoms in total. The second-order valence-electron chi connectivity index (χ2n) is 6.90. The first-order valence-electron chi connectivity index (χ1n) is 10.0. The number of nitrogens with one attached hydrogen (secondary N) is 1. The second kappa shape index (κ2) is 10.5. The van der Waals surface area contributed by atoms with Crippen LogP contribution < -0.4 is 14.8 Å². The summed E-state index contributed by atoms with van der Waals surface area (Å²) in [6.45, 7) is 2.02. The van der Waals surface area contributed by atoms with E-state index in [9.17, 15) is 9.18 Å². The Bertz CT molecular complexity index is 972. The number of carbonyl (C=O) groups excluding carboxylic acids is 1. The molecule has 31 heavy (non-hydrogen) atoms. The molecule has 6 heteroatoms. The number of carbonyl (C=O) groups is 1. The number of ether oxygens (including phenoxy) is 3. The first kappa shape index (κ1) is 22.2. The monoisotopic (exact) mass is 423 g/mol. The van der Waals surface area contributed by atoms with Gasteiger partial charge in [-0.15, -0.1) is 0 Å². The number of hydrogen-bond donors (Lipinski definition) is 1. The molecule has 3 aromatic carbocycles. The normalized spacial score (nSPS) is 12.5. The molecule has 162 valence electrons. The van der Waals surface area contributed by atoms with E-state index in [0.717, 1.165) is 22.6 Å². The van der Waals surface area contributed by atoms with Crippen LogP contribution in [-0.4, -0.2) is 26.8 Å². The molecule has 0 heterocycles. The van der Waals surface area contributed by atoms with Gasteiger partial charge >= 0.3 is 5.97 Å². The van der Waals surface area contributed by atoms with E-state index < -0.39 is 12.0 Å². The summed E-state index contributed by atoms with van der Waals surface area (Å²) in [7, 11) is 3.19. The van der Waals surface area contributed by atoms with Crippen molar-refractivity contribution < 1.29 is 23.4 Å². The molecule has 3 rings (SSSR count). The molecule has 1 N–H and O–H groups in total. The van der Waals surface area contributed by atoms with E-state index in [4.69, 9.17) is 14.2 Å². The third kappa shape index (κ3) is 5.54. The van der Waals surface area contributed by atoms with Crippen molar-refractivity contribution in [1.82, 2.24) is 0 Å². The van der Waals surface area contributed by atoms with Crippen LogP contribution in [0.3, 0.4) is 0 Å². The Morgan fingerprint density at radius 2 is 1.35 bits per heavy atom. The third-order valence-electron chi connectivity index (χ3n) is 4.99. The van der Waals surface area contributed by atoms with Crippen molar-refractivity contribution in [2.75, 3.05) is 26.1 Å². The van der Waals surface area contributed by atoms with Crippen molar-refractivity contribution in [3.8, 4) is 11.5 Å². The fraction of sp³-hybridized carbons (Fsp3) is 0.240. The molecule has 0 aromatic heterocycles. The van der Waals surface area contributed by atoms with Gasteiger partial charge in [0.25, 0.3) is 0 Å². The smallest absolute Gasteiger partial charge is 0.315 e. The standard InChI is InChI=1S/C25H26FNO4/c1-4-31-25(28)23(17-7-13-21(29-2)14-8-17)24(18-5-9-19(26)10-6-18)27-20-11-15-22(30-3)16-12-20/h5-16,23-24,27H,4H2,1-3H3/t23-,24+/m1/s1. The summed E-state index contributed by atoms with van der Waals surface area (Å²) in [6, 6.07) is 20.3. The van der Waals surface area contributed by atoms with Gasteiger partial charge < -0.3 is 19.5 Å². The molecule has 0 bridgehead atoms. The fourth-order valence-electron chi connectivity index (χ4n) is 3.40. The Labute approximate surface area is 181 Å². The van der Waals surface area contributed by atoms with Crippen LogP contribution in [0.5, 0.6) is 11.5 Å². The zero-order valence-electron chi connectivity index (χ0n) is 17.8. The Morgan fingerprint density at radius 3 is 1.87 bits per heavy atom. The van der Waals surface area contributed by atoms with E-state index in [2.05, 4.69) is 5.32 Å². The lowest BCUT2D eigenvalue weighted by atomic mass is 9.86. The highest BCUT2D eigenvalue weighted by molar-refractivity contribution is 5.80. The van der Waals surface area contributed by atoms with Crippen LogP contribution in [0.25, 0.3) is 0 Å². The highest BCUT2D eigenvalue weighted by atomic mass is 19.1. The van der Waals surface area contributed by atoms with E-state index in [0.29, 0.717) is 5.75 Å². The molecule has 3 aromatic rings. The number of halogens is 1. The Morgan fingerprint density at radius 1 is 0.839 bits per heavy atom. The molecular weight excluding hydrogens is 397 g/mol. The lowest BCUT2D eigenvalue weighted by Gasteiger charge is -2.28. The molecule has 0 saturated carbocycles. The van der Waals surface area contributed by atoms with Crippen LogP contribution in [0.1, 0.15) is 30.0 Å². The lowest BCUT2D eigenvalue weighted by molar-refractivity contribution is -0.145. The molecule has 0 aliphatic carbocycles. The summed E-state index contributed by atoms with van der Waals surface area (Å²) in [5.74, 6) is 0.0271. The molecule has 0 radical (unpaired) electrons. The molecule has 0 spiro atoms. The summed E-state index contributed by atoms with van der Waals surface area (Å²) in [5, 5.41) is 3.42. The number of hydrogen-bond acceptors (Lipinski definition) is 5. The highest BCUT2D eigenvalue weighted by Crippen LogP contribution is 2.36. The summed E-state index contributed by atoms with van der Waals surface area (Å²) in [5.41, 5.74) is 2.30. The van der Waals surface area contributed by atoms with Crippen LogP contribution in [0.4, 0.5) is 10.1 Å². The Kier molecular flexibility index (Phi) is 7.49. The van der Waals surface area contributed by atoms with Gasteiger partial charge in [0.2, 0.25) is 0 Å². The van der Waals surface area contributed by atoms with E-state index in [1.54, 1.807) is 45.4 Å². The van der Waals surface area contributed by atoms with Crippen LogP contribution in [-0.2, 0) is 9.53 Å². The summed E-state index contributed by atoms with van der Waals surface area (Å²) >= 11 is 0. The van der Waals surface area contributed by atoms with Crippen LogP contribution in [0.2, 0.25) is 0 Å². The molecule has 0 unspecified atom stereocenters. The van der Waals surface area contributed by atoms with Gasteiger partial charge in [0, 0.05) is 5.69 Å². The van der Waals surface area contributed by atoms with Gasteiger partial charge in [-0.2, -0.15) is 0 Å². The third-order valence-corrected chi connectivity index (χ3v) is 4.99. The summed E-state index contributed by atoms with van der Waals surface area (Å²) in [4.78, 5) is 13.1. The molecule has 0 amide bonds. The molecule has 0 aliphatic rings. The minimum Gasteiger partial charge on any atom is -0.497 e. The number of methoxy groups -OCH3 is 2. The van der Waals surface area contributed by atoms with E-state index >= 15 is 0 Å². The van der Waals surface area contributed by atoms with Crippen molar-refractivity contribution in [2.45, 2.75) is 18.9 Å². The van der Waals surface area contributed by atoms with Gasteiger partial charge in [-0.25, -0.2) is 4.39 Å². The van der Waals surface area contributed by atoms with Gasteiger partial charge in [-0.3, -0.25) is 4.79 Å². The average molecular weight is 423 g/mol. The molecule has 0 aliphatic heterocycles. The fourth-order valence-corrected chi connectivity index (χ4v) is 3.40. The quantitative estimate of drug-likeness (QED) is 0.471. The van der Waals surface area contributed by atoms with Crippen molar-refractivity contribution in [2.24, 2.45) is 0 Å². The van der Waals surface area contributed by atoms with Crippen molar-refractivity contribution >= 4 is 11.7 Å². The maximum Gasteiger partial charge on any atom is 0.315 e. The SMILES string of the molecule is CCOC(=O)[C@H](c1ccc(OC)cc1)[C@@H](Nc1ccc(OC)cc1)c1ccc(F)cc1. The molecule has 0 saturated heterocycles. The van der Waals surface area contributed by atoms with Gasteiger partial charge in [-0.05, 0) is 66.6 Å². The molecule has 0 fully saturated rings. The molecular formula is C25H26FNO4. The van der Waals surface area contributed by atoms with Gasteiger partial charge in [0.15, 0.2) is 0 Å². The van der Waals surface area contributed by atoms with Gasteiger partial charge in [0.05, 0.1) is 26.9 Å². The van der Waals surface area contributed by atoms with Crippen LogP contribution in [0.15, 0.2) is 72.8 Å². The summed E-state index contributed by atoms with van der Waals surface area (Å²) < 4.78 is 29.5. The maximum absolute atomic E-state index is 13.6. The first-order chi connectivity index (χ1) is 15.0. The van der Waals surface area contributed by atoms with E-state index in [-0.39, 0.29) is 18.4 Å². The van der Waals surface area contributed by atoms with Crippen molar-refractivity contribution in [3.05, 3.63) is 89.7 Å². The van der Waals surface area contributed by atoms with Gasteiger partial charge in [0.1, 0.15) is 23.2 Å². The van der Waals surface area contributed by atoms with Crippen molar-refractivity contribution in [3.63, 3.8) is 0 Å². The molecule has 2 atom stereocenters. The predicted octanol–water partition coefficient (Wildman–Crippen LogP) is 5.34. The number of benzene rings is 3. The second-order valence-corrected chi connectivity index (χ2v) is 6.90. The minimum absolute atomic E-state index is 0.254. The highest BCUT2D eigenvalue weighted by Gasteiger charge is 2.33. The van der Waals surface area contributed by atoms with Gasteiger partial charge in [-0.1, -0.05) is 24.3 Å². The average Bonchev–Trinajstić information content (AvgIpc) is 2.80. The predicted molar refractivity (Wildman–Crippen MR) is 118 cm³/mol. The van der Waals surface area contributed by atoms with E-state index in [1.165, 1.54) is 12.1 Å². The first-order valence-corrected chi connectivity index (χ1v) is 10.0. The summed E-state index contributed by atoms with van der Waals surface area (Å²) in [6.07, 6.45) is 0. The van der Waals surface area contributed by atoms with Crippen LogP contribution in [0, 0.1) is 5.82 Å². The van der Waals surface area contributed by atoms with Crippen LogP contribution >= 0.6 is 0 Å². The topological polar surface area (TPSA) is 56.8 Å². The Balaban J connectivity index is 2.05. The van der Waals surface area contributed by atoms with E-state index in [1.807, 2.05) is 36.4 Å². The number of anilines is 1.